The van der Waals surface area contributed by atoms with Gasteiger partial charge in [-0.25, -0.2) is 0 Å². The second-order valence-corrected chi connectivity index (χ2v) is 3.72. The highest BCUT2D eigenvalue weighted by atomic mass is 16.2. The van der Waals surface area contributed by atoms with Crippen molar-refractivity contribution >= 4 is 11.7 Å². The van der Waals surface area contributed by atoms with Crippen LogP contribution in [0.25, 0.3) is 0 Å². The number of aryl methyl sites for hydroxylation is 1. The van der Waals surface area contributed by atoms with Gasteiger partial charge < -0.3 is 0 Å². The van der Waals surface area contributed by atoms with Crippen LogP contribution in [-0.2, 0) is 17.8 Å². The maximum Gasteiger partial charge on any atom is 0.252 e. The highest BCUT2D eigenvalue weighted by Gasteiger charge is 2.31. The van der Waals surface area contributed by atoms with Crippen LogP contribution in [0.15, 0.2) is 16.9 Å². The van der Waals surface area contributed by atoms with Crippen molar-refractivity contribution in [3.05, 3.63) is 28.0 Å². The first kappa shape index (κ1) is 7.79. The molecule has 14 heavy (non-hydrogen) atoms. The lowest BCUT2D eigenvalue weighted by Gasteiger charge is -2.23. The number of anilines is 1. The van der Waals surface area contributed by atoms with E-state index in [9.17, 15) is 9.59 Å². The molecule has 1 amide bonds. The molecule has 0 saturated heterocycles. The van der Waals surface area contributed by atoms with E-state index in [-0.39, 0.29) is 11.5 Å². The SMILES string of the molecule is O=C1CCc2ccc(=O)n3c2N1CC3. The zero-order valence-corrected chi connectivity index (χ0v) is 7.69. The second kappa shape index (κ2) is 2.47. The fourth-order valence-corrected chi connectivity index (χ4v) is 2.27. The van der Waals surface area contributed by atoms with Crippen LogP contribution in [0, 0.1) is 0 Å². The summed E-state index contributed by atoms with van der Waals surface area (Å²) < 4.78 is 1.70. The highest BCUT2D eigenvalue weighted by Crippen LogP contribution is 2.29. The monoisotopic (exact) mass is 190 g/mol. The summed E-state index contributed by atoms with van der Waals surface area (Å²) in [7, 11) is 0. The summed E-state index contributed by atoms with van der Waals surface area (Å²) in [6.45, 7) is 1.30. The fourth-order valence-electron chi connectivity index (χ4n) is 2.27. The van der Waals surface area contributed by atoms with Crippen molar-refractivity contribution in [1.29, 1.82) is 0 Å². The molecule has 0 radical (unpaired) electrons. The van der Waals surface area contributed by atoms with Gasteiger partial charge in [0.25, 0.3) is 5.56 Å². The van der Waals surface area contributed by atoms with E-state index in [1.54, 1.807) is 15.5 Å². The van der Waals surface area contributed by atoms with Gasteiger partial charge in [0.1, 0.15) is 5.82 Å². The third-order valence-electron chi connectivity index (χ3n) is 2.95. The third kappa shape index (κ3) is 0.828. The zero-order valence-electron chi connectivity index (χ0n) is 7.69. The van der Waals surface area contributed by atoms with Crippen LogP contribution in [0.4, 0.5) is 5.82 Å². The first-order valence-electron chi connectivity index (χ1n) is 4.80. The first-order chi connectivity index (χ1) is 6.77. The standard InChI is InChI=1S/C10H10N2O2/c13-8-3-1-7-2-4-9(14)12-6-5-11(8)10(7)12/h1,3H,2,4-6H2. The van der Waals surface area contributed by atoms with E-state index in [4.69, 9.17) is 0 Å². The van der Waals surface area contributed by atoms with Crippen LogP contribution in [0.3, 0.4) is 0 Å². The number of carbonyl (C=O) groups excluding carboxylic acids is 1. The summed E-state index contributed by atoms with van der Waals surface area (Å²) in [4.78, 5) is 24.8. The molecule has 0 aromatic carbocycles. The molecule has 1 aromatic heterocycles. The average molecular weight is 190 g/mol. The number of rotatable bonds is 0. The number of hydrogen-bond donors (Lipinski definition) is 0. The molecule has 0 N–H and O–H groups in total. The van der Waals surface area contributed by atoms with Crippen molar-refractivity contribution < 1.29 is 4.79 Å². The molecule has 4 nitrogen and oxygen atoms in total. The molecular formula is C10H10N2O2. The number of aromatic nitrogens is 1. The normalized spacial score (nSPS) is 18.6. The summed E-state index contributed by atoms with van der Waals surface area (Å²) in [5, 5.41) is 0. The second-order valence-electron chi connectivity index (χ2n) is 3.72. The van der Waals surface area contributed by atoms with E-state index < -0.39 is 0 Å². The van der Waals surface area contributed by atoms with Crippen LogP contribution in [0.2, 0.25) is 0 Å². The Morgan fingerprint density at radius 3 is 2.79 bits per heavy atom. The molecule has 0 bridgehead atoms. The Morgan fingerprint density at radius 1 is 1.07 bits per heavy atom. The molecule has 0 atom stereocenters. The van der Waals surface area contributed by atoms with Gasteiger partial charge in [-0.2, -0.15) is 0 Å². The summed E-state index contributed by atoms with van der Waals surface area (Å²) >= 11 is 0. The van der Waals surface area contributed by atoms with Gasteiger partial charge in [-0.15, -0.1) is 0 Å². The Bertz CT molecular complexity index is 476. The molecule has 0 saturated carbocycles. The van der Waals surface area contributed by atoms with Gasteiger partial charge in [0, 0.05) is 25.6 Å². The zero-order chi connectivity index (χ0) is 9.71. The minimum Gasteiger partial charge on any atom is -0.296 e. The summed E-state index contributed by atoms with van der Waals surface area (Å²) in [6.07, 6.45) is 1.34. The minimum atomic E-state index is 0.000880. The maximum absolute atomic E-state index is 11.5. The molecule has 0 spiro atoms. The quantitative estimate of drug-likeness (QED) is 0.584. The Hall–Kier alpha value is -1.58. The van der Waals surface area contributed by atoms with Gasteiger partial charge >= 0.3 is 0 Å². The molecule has 0 unspecified atom stereocenters. The number of nitrogens with zero attached hydrogens (tertiary/aromatic N) is 2. The first-order valence-corrected chi connectivity index (χ1v) is 4.80. The van der Waals surface area contributed by atoms with E-state index in [0.29, 0.717) is 19.5 Å². The largest absolute Gasteiger partial charge is 0.296 e. The highest BCUT2D eigenvalue weighted by molar-refractivity contribution is 5.96. The Morgan fingerprint density at radius 2 is 1.93 bits per heavy atom. The lowest BCUT2D eigenvalue weighted by Crippen LogP contribution is -2.33. The summed E-state index contributed by atoms with van der Waals surface area (Å²) in [5.41, 5.74) is 1.13. The third-order valence-corrected chi connectivity index (χ3v) is 2.95. The molecule has 0 aliphatic carbocycles. The Kier molecular flexibility index (Phi) is 1.37. The van der Waals surface area contributed by atoms with Crippen molar-refractivity contribution in [3.63, 3.8) is 0 Å². The molecule has 0 fully saturated rings. The molecule has 72 valence electrons. The molecule has 2 aliphatic rings. The van der Waals surface area contributed by atoms with Crippen molar-refractivity contribution in [2.24, 2.45) is 0 Å². The van der Waals surface area contributed by atoms with Gasteiger partial charge in [0.05, 0.1) is 0 Å². The van der Waals surface area contributed by atoms with Crippen molar-refractivity contribution in [1.82, 2.24) is 4.57 Å². The molecule has 2 aliphatic heterocycles. The van der Waals surface area contributed by atoms with E-state index >= 15 is 0 Å². The van der Waals surface area contributed by atoms with E-state index in [2.05, 4.69) is 0 Å². The number of carbonyl (C=O) groups is 1. The number of hydrogen-bond acceptors (Lipinski definition) is 2. The molecule has 3 rings (SSSR count). The summed E-state index contributed by atoms with van der Waals surface area (Å²) in [6, 6.07) is 3.44. The molecule has 3 heterocycles. The Labute approximate surface area is 80.8 Å². The topological polar surface area (TPSA) is 42.3 Å². The minimum absolute atomic E-state index is 0.000880. The predicted octanol–water partition coefficient (Wildman–Crippen LogP) is 0.141. The van der Waals surface area contributed by atoms with Crippen LogP contribution in [0.5, 0.6) is 0 Å². The summed E-state index contributed by atoms with van der Waals surface area (Å²) in [5.74, 6) is 0.989. The van der Waals surface area contributed by atoms with Gasteiger partial charge in [-0.1, -0.05) is 0 Å². The lowest BCUT2D eigenvalue weighted by molar-refractivity contribution is -0.118. The van der Waals surface area contributed by atoms with Gasteiger partial charge in [-0.05, 0) is 18.1 Å². The molecule has 1 aromatic rings. The fraction of sp³-hybridized carbons (Fsp3) is 0.400. The number of pyridine rings is 1. The van der Waals surface area contributed by atoms with E-state index in [1.807, 2.05) is 6.07 Å². The Balaban J connectivity index is 2.32. The van der Waals surface area contributed by atoms with Gasteiger partial charge in [0.2, 0.25) is 5.91 Å². The van der Waals surface area contributed by atoms with Crippen molar-refractivity contribution in [2.75, 3.05) is 11.4 Å². The van der Waals surface area contributed by atoms with Gasteiger partial charge in [-0.3, -0.25) is 19.1 Å². The van der Waals surface area contributed by atoms with Gasteiger partial charge in [0.15, 0.2) is 0 Å². The van der Waals surface area contributed by atoms with Crippen LogP contribution in [0.1, 0.15) is 12.0 Å². The van der Waals surface area contributed by atoms with Crippen LogP contribution < -0.4 is 10.5 Å². The molecule has 4 heteroatoms. The number of amides is 1. The molecular weight excluding hydrogens is 180 g/mol. The maximum atomic E-state index is 11.5. The average Bonchev–Trinajstić information content (AvgIpc) is 2.62. The van der Waals surface area contributed by atoms with Crippen LogP contribution in [-0.4, -0.2) is 17.0 Å². The van der Waals surface area contributed by atoms with E-state index in [0.717, 1.165) is 17.8 Å². The van der Waals surface area contributed by atoms with Crippen molar-refractivity contribution in [2.45, 2.75) is 19.4 Å². The smallest absolute Gasteiger partial charge is 0.252 e. The van der Waals surface area contributed by atoms with Crippen molar-refractivity contribution in [3.8, 4) is 0 Å². The van der Waals surface area contributed by atoms with Crippen LogP contribution >= 0.6 is 0 Å². The lowest BCUT2D eigenvalue weighted by atomic mass is 10.1. The van der Waals surface area contributed by atoms with E-state index in [1.165, 1.54) is 0 Å². The predicted molar refractivity (Wildman–Crippen MR) is 51.4 cm³/mol.